The summed E-state index contributed by atoms with van der Waals surface area (Å²) >= 11 is 0. The number of ether oxygens (including phenoxy) is 1. The van der Waals surface area contributed by atoms with Crippen LogP contribution in [0, 0.1) is 34.5 Å². The lowest BCUT2D eigenvalue weighted by Crippen LogP contribution is -2.47. The number of rotatable bonds is 2. The van der Waals surface area contributed by atoms with Crippen molar-refractivity contribution in [3.8, 4) is 0 Å². The van der Waals surface area contributed by atoms with E-state index in [1.165, 1.54) is 25.7 Å². The maximum absolute atomic E-state index is 11.9. The minimum Gasteiger partial charge on any atom is -0.458 e. The lowest BCUT2D eigenvalue weighted by molar-refractivity contribution is -0.157. The molecule has 2 heteroatoms. The number of carbonyl (C=O) groups is 1. The fraction of sp³-hybridized carbons (Fsp3) is 0.833. The summed E-state index contributed by atoms with van der Waals surface area (Å²) in [4.78, 5) is 11.9. The summed E-state index contributed by atoms with van der Waals surface area (Å²) in [6.45, 7) is 10.4. The van der Waals surface area contributed by atoms with E-state index in [4.69, 9.17) is 4.74 Å². The largest absolute Gasteiger partial charge is 0.458 e. The van der Waals surface area contributed by atoms with Crippen molar-refractivity contribution in [2.75, 3.05) is 0 Å². The van der Waals surface area contributed by atoms with Gasteiger partial charge >= 0.3 is 5.97 Å². The second kappa shape index (κ2) is 3.69. The Morgan fingerprint density at radius 2 is 2.00 bits per heavy atom. The highest BCUT2D eigenvalue weighted by Crippen LogP contribution is 2.76. The molecule has 4 aliphatic carbocycles. The van der Waals surface area contributed by atoms with E-state index < -0.39 is 0 Å². The summed E-state index contributed by atoms with van der Waals surface area (Å²) < 4.78 is 5.83. The molecule has 0 amide bonds. The van der Waals surface area contributed by atoms with E-state index in [2.05, 4.69) is 20.4 Å². The number of esters is 1. The molecule has 0 saturated heterocycles. The van der Waals surface area contributed by atoms with Crippen molar-refractivity contribution in [2.24, 2.45) is 34.5 Å². The Morgan fingerprint density at radius 3 is 2.70 bits per heavy atom. The van der Waals surface area contributed by atoms with Gasteiger partial charge in [-0.25, -0.2) is 4.79 Å². The van der Waals surface area contributed by atoms with Crippen LogP contribution in [0.3, 0.4) is 0 Å². The highest BCUT2D eigenvalue weighted by molar-refractivity contribution is 5.87. The molecule has 0 spiro atoms. The molecule has 0 aromatic carbocycles. The predicted octanol–water partition coefficient (Wildman–Crippen LogP) is 3.96. The summed E-state index contributed by atoms with van der Waals surface area (Å²) in [5.41, 5.74) is 1.28. The van der Waals surface area contributed by atoms with E-state index in [1.54, 1.807) is 6.92 Å². The fourth-order valence-electron chi connectivity index (χ4n) is 6.92. The van der Waals surface area contributed by atoms with Crippen LogP contribution in [0.1, 0.15) is 52.9 Å². The number of hydrogen-bond acceptors (Lipinski definition) is 2. The Labute approximate surface area is 122 Å². The molecule has 20 heavy (non-hydrogen) atoms. The van der Waals surface area contributed by atoms with Crippen LogP contribution in [0.4, 0.5) is 0 Å². The summed E-state index contributed by atoms with van der Waals surface area (Å²) in [5, 5.41) is 0. The average Bonchev–Trinajstić information content (AvgIpc) is 3.04. The van der Waals surface area contributed by atoms with E-state index in [9.17, 15) is 4.79 Å². The zero-order valence-electron chi connectivity index (χ0n) is 12.9. The molecule has 0 aromatic rings. The summed E-state index contributed by atoms with van der Waals surface area (Å²) in [5.74, 6) is 3.30. The molecule has 110 valence electrons. The first kappa shape index (κ1) is 12.9. The highest BCUT2D eigenvalue weighted by atomic mass is 16.5. The zero-order valence-corrected chi connectivity index (χ0v) is 12.9. The number of hydrogen-bond donors (Lipinski definition) is 0. The third-order valence-corrected chi connectivity index (χ3v) is 7.30. The number of carbonyl (C=O) groups excluding carboxylic acids is 1. The van der Waals surface area contributed by atoms with Crippen molar-refractivity contribution in [3.63, 3.8) is 0 Å². The van der Waals surface area contributed by atoms with Gasteiger partial charge in [0, 0.05) is 11.0 Å². The topological polar surface area (TPSA) is 26.3 Å². The van der Waals surface area contributed by atoms with Gasteiger partial charge in [0.05, 0.1) is 0 Å². The molecule has 0 radical (unpaired) electrons. The summed E-state index contributed by atoms with van der Waals surface area (Å²) in [7, 11) is 0. The minimum atomic E-state index is -0.186. The molecule has 4 rings (SSSR count). The molecular weight excluding hydrogens is 248 g/mol. The molecular formula is C18H26O2. The molecule has 4 bridgehead atoms. The first-order valence-corrected chi connectivity index (χ1v) is 8.22. The monoisotopic (exact) mass is 274 g/mol. The van der Waals surface area contributed by atoms with Crippen LogP contribution in [0.15, 0.2) is 12.2 Å². The second-order valence-corrected chi connectivity index (χ2v) is 8.59. The Kier molecular flexibility index (Phi) is 2.39. The van der Waals surface area contributed by atoms with Crippen molar-refractivity contribution in [1.29, 1.82) is 0 Å². The van der Waals surface area contributed by atoms with Gasteiger partial charge in [-0.05, 0) is 68.1 Å². The first-order chi connectivity index (χ1) is 9.35. The molecule has 4 fully saturated rings. The third-order valence-electron chi connectivity index (χ3n) is 7.30. The van der Waals surface area contributed by atoms with Crippen LogP contribution in [-0.2, 0) is 9.53 Å². The van der Waals surface area contributed by atoms with Gasteiger partial charge in [-0.3, -0.25) is 0 Å². The Balaban J connectivity index is 1.63. The molecule has 0 aliphatic heterocycles. The van der Waals surface area contributed by atoms with Gasteiger partial charge in [-0.1, -0.05) is 20.4 Å². The van der Waals surface area contributed by atoms with Gasteiger partial charge in [0.25, 0.3) is 0 Å². The van der Waals surface area contributed by atoms with Crippen molar-refractivity contribution in [1.82, 2.24) is 0 Å². The van der Waals surface area contributed by atoms with Crippen LogP contribution in [-0.4, -0.2) is 12.1 Å². The summed E-state index contributed by atoms with van der Waals surface area (Å²) in [6.07, 6.45) is 6.78. The van der Waals surface area contributed by atoms with E-state index in [0.29, 0.717) is 11.0 Å². The SMILES string of the molecule is C=C(C)C(=O)OC1CC2CC1(C)C1C2C2CCC1(C)C2. The first-order valence-electron chi connectivity index (χ1n) is 8.22. The Hall–Kier alpha value is -0.790. The second-order valence-electron chi connectivity index (χ2n) is 8.59. The average molecular weight is 274 g/mol. The highest BCUT2D eigenvalue weighted by Gasteiger charge is 2.72. The van der Waals surface area contributed by atoms with Crippen LogP contribution >= 0.6 is 0 Å². The van der Waals surface area contributed by atoms with E-state index in [0.717, 1.165) is 30.1 Å². The van der Waals surface area contributed by atoms with Gasteiger partial charge < -0.3 is 4.74 Å². The van der Waals surface area contributed by atoms with Gasteiger partial charge in [0.1, 0.15) is 6.10 Å². The molecule has 4 aliphatic rings. The quantitative estimate of drug-likeness (QED) is 0.433. The lowest BCUT2D eigenvalue weighted by atomic mass is 9.59. The van der Waals surface area contributed by atoms with E-state index in [1.807, 2.05) is 0 Å². The predicted molar refractivity (Wildman–Crippen MR) is 78.0 cm³/mol. The van der Waals surface area contributed by atoms with Crippen molar-refractivity contribution in [3.05, 3.63) is 12.2 Å². The van der Waals surface area contributed by atoms with Crippen molar-refractivity contribution >= 4 is 5.97 Å². The lowest BCUT2D eigenvalue weighted by Gasteiger charge is -2.48. The van der Waals surface area contributed by atoms with Crippen molar-refractivity contribution in [2.45, 2.75) is 59.0 Å². The maximum atomic E-state index is 11.9. The number of fused-ring (bicyclic) bond motifs is 9. The van der Waals surface area contributed by atoms with Gasteiger partial charge in [0.2, 0.25) is 0 Å². The smallest absolute Gasteiger partial charge is 0.333 e. The van der Waals surface area contributed by atoms with Crippen LogP contribution in [0.25, 0.3) is 0 Å². The molecule has 7 atom stereocenters. The summed E-state index contributed by atoms with van der Waals surface area (Å²) in [6, 6.07) is 0. The molecule has 2 nitrogen and oxygen atoms in total. The molecule has 7 unspecified atom stereocenters. The third kappa shape index (κ3) is 1.38. The molecule has 0 aromatic heterocycles. The van der Waals surface area contributed by atoms with E-state index in [-0.39, 0.29) is 17.5 Å². The standard InChI is InChI=1S/C18H26O2/c1-10(2)16(19)20-13-7-12-9-18(13,4)15-14(12)11-5-6-17(15,3)8-11/h11-15H,1,5-9H2,2-4H3. The van der Waals surface area contributed by atoms with Gasteiger partial charge in [-0.2, -0.15) is 0 Å². The zero-order chi connectivity index (χ0) is 14.3. The fourth-order valence-corrected chi connectivity index (χ4v) is 6.92. The Morgan fingerprint density at radius 1 is 1.25 bits per heavy atom. The normalized spacial score (nSPS) is 55.0. The minimum absolute atomic E-state index is 0.133. The van der Waals surface area contributed by atoms with Gasteiger partial charge in [0.15, 0.2) is 0 Å². The van der Waals surface area contributed by atoms with Crippen LogP contribution < -0.4 is 0 Å². The molecule has 0 N–H and O–H groups in total. The van der Waals surface area contributed by atoms with Crippen LogP contribution in [0.5, 0.6) is 0 Å². The molecule has 0 heterocycles. The van der Waals surface area contributed by atoms with Crippen molar-refractivity contribution < 1.29 is 9.53 Å². The van der Waals surface area contributed by atoms with E-state index >= 15 is 0 Å². The maximum Gasteiger partial charge on any atom is 0.333 e. The Bertz CT molecular complexity index is 496. The molecule has 4 saturated carbocycles. The van der Waals surface area contributed by atoms with Crippen LogP contribution in [0.2, 0.25) is 0 Å². The van der Waals surface area contributed by atoms with Gasteiger partial charge in [-0.15, -0.1) is 0 Å².